The van der Waals surface area contributed by atoms with Crippen molar-refractivity contribution in [1.29, 1.82) is 0 Å². The van der Waals surface area contributed by atoms with Crippen molar-refractivity contribution >= 4 is 45.3 Å². The van der Waals surface area contributed by atoms with E-state index in [4.69, 9.17) is 5.10 Å². The van der Waals surface area contributed by atoms with Gasteiger partial charge in [-0.05, 0) is 92.9 Å². The molecule has 3 aliphatic rings. The van der Waals surface area contributed by atoms with E-state index in [1.165, 1.54) is 15.3 Å². The number of hydrogen-bond donors (Lipinski definition) is 2. The van der Waals surface area contributed by atoms with Gasteiger partial charge in [-0.2, -0.15) is 10.2 Å². The molecular weight excluding hydrogens is 653 g/mol. The van der Waals surface area contributed by atoms with E-state index in [0.29, 0.717) is 35.6 Å². The number of nitrogens with zero attached hydrogens (tertiary/aromatic N) is 7. The van der Waals surface area contributed by atoms with Crippen LogP contribution in [0, 0.1) is 5.92 Å². The zero-order valence-corrected chi connectivity index (χ0v) is 28.4. The van der Waals surface area contributed by atoms with Gasteiger partial charge in [0.15, 0.2) is 5.69 Å². The second-order valence-corrected chi connectivity index (χ2v) is 14.2. The molecule has 2 aromatic carbocycles. The van der Waals surface area contributed by atoms with Gasteiger partial charge in [0.05, 0.1) is 22.6 Å². The topological polar surface area (TPSA) is 149 Å². The fourth-order valence-electron chi connectivity index (χ4n) is 8.37. The van der Waals surface area contributed by atoms with Crippen LogP contribution in [0.2, 0.25) is 0 Å². The van der Waals surface area contributed by atoms with Gasteiger partial charge < -0.3 is 10.2 Å². The number of alkyl halides is 1. The van der Waals surface area contributed by atoms with Crippen molar-refractivity contribution in [2.45, 2.75) is 69.1 Å². The number of anilines is 1. The van der Waals surface area contributed by atoms with Crippen LogP contribution in [-0.2, 0) is 16.6 Å². The number of imide groups is 1. The molecule has 0 radical (unpaired) electrons. The van der Waals surface area contributed by atoms with Crippen LogP contribution in [0.25, 0.3) is 21.9 Å². The standard InChI is InChI=1S/C37H40FN9O4/c1-44-34-27(4-2-6-31(34)47(37(44)51)32-13-14-33(48)41-36(32)50)26-15-17-45(21-28(26)38)19-22-7-10-25(11-8-22)46-20-23-18-24(9-12-29(23)43-46)40-35(49)30-5-3-16-39-42-30/h2-6,9,12,16,18,20,22,25-26,28,32H,7-8,10-11,13-15,17,19,21H2,1H3,(H,40,49)(H,41,48,50)/t22?,25?,26-,28+,32?/m0/s1. The predicted molar refractivity (Wildman–Crippen MR) is 188 cm³/mol. The molecule has 13 nitrogen and oxygen atoms in total. The van der Waals surface area contributed by atoms with Gasteiger partial charge in [-0.1, -0.05) is 12.1 Å². The van der Waals surface area contributed by atoms with Crippen LogP contribution in [0.3, 0.4) is 0 Å². The van der Waals surface area contributed by atoms with Crippen LogP contribution >= 0.6 is 0 Å². The summed E-state index contributed by atoms with van der Waals surface area (Å²) in [4.78, 5) is 52.6. The molecule has 1 saturated carbocycles. The maximum Gasteiger partial charge on any atom is 0.329 e. The fraction of sp³-hybridized carbons (Fsp3) is 0.432. The third-order valence-corrected chi connectivity index (χ3v) is 11.0. The summed E-state index contributed by atoms with van der Waals surface area (Å²) in [7, 11) is 1.67. The van der Waals surface area contributed by atoms with Crippen LogP contribution in [0.5, 0.6) is 0 Å². The molecule has 264 valence electrons. The Kier molecular flexibility index (Phi) is 8.70. The van der Waals surface area contributed by atoms with E-state index in [2.05, 4.69) is 30.4 Å². The Hall–Kier alpha value is -5.24. The summed E-state index contributed by atoms with van der Waals surface area (Å²) in [6.45, 7) is 1.96. The number of carbonyl (C=O) groups excluding carboxylic acids is 3. The number of fused-ring (bicyclic) bond motifs is 2. The molecule has 3 aromatic heterocycles. The second kappa shape index (κ2) is 13.5. The number of nitrogens with one attached hydrogen (secondary N) is 2. The fourth-order valence-corrected chi connectivity index (χ4v) is 8.37. The van der Waals surface area contributed by atoms with Crippen molar-refractivity contribution in [2.24, 2.45) is 13.0 Å². The van der Waals surface area contributed by atoms with Crippen LogP contribution in [-0.4, -0.2) is 77.5 Å². The maximum absolute atomic E-state index is 16.1. The lowest BCUT2D eigenvalue weighted by molar-refractivity contribution is -0.135. The minimum Gasteiger partial charge on any atom is -0.321 e. The molecule has 1 aliphatic carbocycles. The van der Waals surface area contributed by atoms with Gasteiger partial charge in [0.25, 0.3) is 5.91 Å². The molecule has 2 aliphatic heterocycles. The number of hydrogen-bond acceptors (Lipinski definition) is 8. The minimum absolute atomic E-state index is 0.168. The van der Waals surface area contributed by atoms with E-state index in [0.717, 1.165) is 55.2 Å². The predicted octanol–water partition coefficient (Wildman–Crippen LogP) is 4.27. The van der Waals surface area contributed by atoms with Crippen molar-refractivity contribution in [3.63, 3.8) is 0 Å². The molecule has 3 fully saturated rings. The Balaban J connectivity index is 0.883. The summed E-state index contributed by atoms with van der Waals surface area (Å²) in [5.74, 6) is -1.02. The first-order valence-corrected chi connectivity index (χ1v) is 17.7. The molecule has 51 heavy (non-hydrogen) atoms. The number of aromatic nitrogens is 6. The summed E-state index contributed by atoms with van der Waals surface area (Å²) in [6.07, 6.45) is 7.58. The monoisotopic (exact) mass is 693 g/mol. The van der Waals surface area contributed by atoms with Crippen molar-refractivity contribution in [3.8, 4) is 0 Å². The number of rotatable bonds is 7. The number of benzene rings is 2. The Bertz CT molecular complexity index is 2190. The van der Waals surface area contributed by atoms with Crippen LogP contribution in [0.4, 0.5) is 10.1 Å². The van der Waals surface area contributed by atoms with Gasteiger partial charge in [0, 0.05) is 55.9 Å². The Labute approximate surface area is 292 Å². The molecule has 5 heterocycles. The maximum atomic E-state index is 16.1. The number of carbonyl (C=O) groups is 3. The summed E-state index contributed by atoms with van der Waals surface area (Å²) < 4.78 is 21.1. The molecule has 3 atom stereocenters. The highest BCUT2D eigenvalue weighted by atomic mass is 19.1. The second-order valence-electron chi connectivity index (χ2n) is 14.2. The number of aryl methyl sites for hydroxylation is 1. The molecule has 2 saturated heterocycles. The highest BCUT2D eigenvalue weighted by molar-refractivity contribution is 6.03. The summed E-state index contributed by atoms with van der Waals surface area (Å²) in [5.41, 5.74) is 3.49. The first-order chi connectivity index (χ1) is 24.7. The molecule has 3 amide bonds. The van der Waals surface area contributed by atoms with Crippen molar-refractivity contribution in [3.05, 3.63) is 82.7 Å². The quantitative estimate of drug-likeness (QED) is 0.240. The van der Waals surface area contributed by atoms with E-state index in [1.54, 1.807) is 25.2 Å². The van der Waals surface area contributed by atoms with Crippen LogP contribution in [0.15, 0.2) is 65.7 Å². The number of piperidine rings is 2. The van der Waals surface area contributed by atoms with Gasteiger partial charge in [0.1, 0.15) is 12.2 Å². The number of likely N-dealkylation sites (tertiary alicyclic amines) is 1. The minimum atomic E-state index is -1.10. The zero-order chi connectivity index (χ0) is 35.2. The highest BCUT2D eigenvalue weighted by Crippen LogP contribution is 2.38. The zero-order valence-electron chi connectivity index (χ0n) is 28.4. The third kappa shape index (κ3) is 6.32. The lowest BCUT2D eigenvalue weighted by atomic mass is 9.83. The number of imidazole rings is 1. The third-order valence-electron chi connectivity index (χ3n) is 11.0. The normalized spacial score (nSPS) is 24.5. The van der Waals surface area contributed by atoms with Gasteiger partial charge in [-0.15, -0.1) is 5.10 Å². The molecular formula is C37H40FN9O4. The summed E-state index contributed by atoms with van der Waals surface area (Å²) >= 11 is 0. The van der Waals surface area contributed by atoms with E-state index >= 15 is 4.39 Å². The van der Waals surface area contributed by atoms with E-state index in [-0.39, 0.29) is 48.0 Å². The number of halogens is 1. The van der Waals surface area contributed by atoms with E-state index in [9.17, 15) is 19.2 Å². The average molecular weight is 694 g/mol. The molecule has 0 bridgehead atoms. The smallest absolute Gasteiger partial charge is 0.321 e. The Morgan fingerprint density at radius 1 is 1.02 bits per heavy atom. The Morgan fingerprint density at radius 3 is 2.63 bits per heavy atom. The first kappa shape index (κ1) is 32.9. The van der Waals surface area contributed by atoms with Crippen LogP contribution in [0.1, 0.15) is 79.0 Å². The van der Waals surface area contributed by atoms with Crippen molar-refractivity contribution in [2.75, 3.05) is 25.0 Å². The van der Waals surface area contributed by atoms with Crippen molar-refractivity contribution in [1.82, 2.24) is 39.3 Å². The lowest BCUT2D eigenvalue weighted by Crippen LogP contribution is -2.44. The Morgan fingerprint density at radius 2 is 1.86 bits per heavy atom. The molecule has 2 N–H and O–H groups in total. The molecule has 5 aromatic rings. The molecule has 0 spiro atoms. The van der Waals surface area contributed by atoms with E-state index < -0.39 is 18.1 Å². The number of para-hydroxylation sites is 1. The molecule has 8 rings (SSSR count). The molecule has 14 heteroatoms. The van der Waals surface area contributed by atoms with Gasteiger partial charge in [-0.3, -0.25) is 33.5 Å². The van der Waals surface area contributed by atoms with Crippen LogP contribution < -0.4 is 16.3 Å². The van der Waals surface area contributed by atoms with Gasteiger partial charge in [-0.25, -0.2) is 9.18 Å². The number of amides is 3. The highest BCUT2D eigenvalue weighted by Gasteiger charge is 2.36. The first-order valence-electron chi connectivity index (χ1n) is 17.7. The van der Waals surface area contributed by atoms with Gasteiger partial charge >= 0.3 is 5.69 Å². The van der Waals surface area contributed by atoms with Crippen molar-refractivity contribution < 1.29 is 18.8 Å². The largest absolute Gasteiger partial charge is 0.329 e. The SMILES string of the molecule is Cn1c(=O)n(C2CCC(=O)NC2=O)c2cccc([C@@H]3CCN(CC4CCC(n5cc6cc(NC(=O)c7cccnn7)ccc6n5)CC4)C[C@H]3F)c21. The summed E-state index contributed by atoms with van der Waals surface area (Å²) in [5, 5.41) is 18.7. The van der Waals surface area contributed by atoms with Gasteiger partial charge in [0.2, 0.25) is 11.8 Å². The average Bonchev–Trinajstić information content (AvgIpc) is 3.67. The van der Waals surface area contributed by atoms with E-state index in [1.807, 2.05) is 36.5 Å². The molecule has 1 unspecified atom stereocenters. The lowest BCUT2D eigenvalue weighted by Gasteiger charge is -2.38. The summed E-state index contributed by atoms with van der Waals surface area (Å²) in [6, 6.07) is 14.0.